The fraction of sp³-hybridized carbons (Fsp3) is 0.390. The zero-order chi connectivity index (χ0) is 34.8. The molecule has 2 amide bonds. The molecule has 3 aliphatic rings. The van der Waals surface area contributed by atoms with Crippen molar-refractivity contribution in [2.45, 2.75) is 94.4 Å². The molecule has 2 saturated carbocycles. The molecule has 260 valence electrons. The van der Waals surface area contributed by atoms with Crippen LogP contribution >= 0.6 is 0 Å². The summed E-state index contributed by atoms with van der Waals surface area (Å²) >= 11 is 0. The Balaban J connectivity index is 1.21. The fourth-order valence-electron chi connectivity index (χ4n) is 8.28. The van der Waals surface area contributed by atoms with E-state index in [0.29, 0.717) is 30.0 Å². The summed E-state index contributed by atoms with van der Waals surface area (Å²) in [5, 5.41) is 29.6. The predicted molar refractivity (Wildman–Crippen MR) is 194 cm³/mol. The molecular formula is C41H45N3O6. The Morgan fingerprint density at radius 1 is 0.900 bits per heavy atom. The lowest BCUT2D eigenvalue weighted by molar-refractivity contribution is -0.134. The second-order valence-electron chi connectivity index (χ2n) is 14.1. The lowest BCUT2D eigenvalue weighted by Crippen LogP contribution is -2.55. The van der Waals surface area contributed by atoms with E-state index in [1.165, 1.54) is 31.6 Å². The van der Waals surface area contributed by atoms with Gasteiger partial charge in [-0.1, -0.05) is 81.0 Å². The largest absolute Gasteiger partial charge is 0.466 e. The maximum atomic E-state index is 14.1. The van der Waals surface area contributed by atoms with Crippen LogP contribution in [0, 0.1) is 0 Å². The van der Waals surface area contributed by atoms with Gasteiger partial charge in [-0.15, -0.1) is 0 Å². The Bertz CT molecular complexity index is 1930. The number of aliphatic hydroxyl groups excluding tert-OH is 2. The number of nitrogens with one attached hydrogen (secondary N) is 2. The quantitative estimate of drug-likeness (QED) is 0.0947. The average molecular weight is 676 g/mol. The molecule has 7 rings (SSSR count). The molecular weight excluding hydrogens is 630 g/mol. The van der Waals surface area contributed by atoms with Gasteiger partial charge in [-0.2, -0.15) is 0 Å². The van der Waals surface area contributed by atoms with E-state index in [0.717, 1.165) is 71.8 Å². The van der Waals surface area contributed by atoms with E-state index in [-0.39, 0.29) is 18.4 Å². The summed E-state index contributed by atoms with van der Waals surface area (Å²) in [5.41, 5.74) is 5.51. The molecule has 9 nitrogen and oxygen atoms in total. The fourth-order valence-corrected chi connectivity index (χ4v) is 8.28. The van der Waals surface area contributed by atoms with Crippen molar-refractivity contribution in [3.8, 4) is 11.3 Å². The van der Waals surface area contributed by atoms with Gasteiger partial charge < -0.3 is 30.2 Å². The third kappa shape index (κ3) is 6.48. The van der Waals surface area contributed by atoms with Crippen LogP contribution in [-0.2, 0) is 20.9 Å². The standard InChI is InChI=1S/C41H45N3O6/c1-50-35(46)21-16-26-14-18-29(19-15-26)42-40(49)41(22-8-9-23-41)43-39(48)28-17-20-32-33(24-28)44-25-34(45)38(47)31-13-7-6-12-30(31)37(44)36(32)27-10-4-2-3-5-11-27/h6-7,12-21,24,27,34,38,45,47H,2-5,8-11,22-23,25H2,1H3,(H,42,49)(H,43,48)/b21-16+/t34-,38+/m1/s1. The number of carbonyl (C=O) groups excluding carboxylic acids is 3. The van der Waals surface area contributed by atoms with E-state index in [4.69, 9.17) is 0 Å². The van der Waals surface area contributed by atoms with Gasteiger partial charge >= 0.3 is 5.97 Å². The van der Waals surface area contributed by atoms with Crippen LogP contribution in [0.3, 0.4) is 0 Å². The summed E-state index contributed by atoms with van der Waals surface area (Å²) in [5.74, 6) is -0.703. The number of esters is 1. The van der Waals surface area contributed by atoms with Gasteiger partial charge in [0.1, 0.15) is 17.7 Å². The highest BCUT2D eigenvalue weighted by atomic mass is 16.5. The highest BCUT2D eigenvalue weighted by Gasteiger charge is 2.43. The zero-order valence-electron chi connectivity index (χ0n) is 28.5. The van der Waals surface area contributed by atoms with Gasteiger partial charge in [0.05, 0.1) is 19.3 Å². The number of nitrogens with zero attached hydrogens (tertiary/aromatic N) is 1. The van der Waals surface area contributed by atoms with Crippen LogP contribution in [0.4, 0.5) is 5.69 Å². The molecule has 2 heterocycles. The van der Waals surface area contributed by atoms with E-state index in [1.807, 2.05) is 42.5 Å². The monoisotopic (exact) mass is 675 g/mol. The van der Waals surface area contributed by atoms with Crippen LogP contribution < -0.4 is 10.6 Å². The van der Waals surface area contributed by atoms with Gasteiger partial charge in [-0.3, -0.25) is 9.59 Å². The number of benzene rings is 3. The van der Waals surface area contributed by atoms with Gasteiger partial charge in [-0.05, 0) is 78.6 Å². The molecule has 1 aliphatic heterocycles. The molecule has 3 aromatic carbocycles. The van der Waals surface area contributed by atoms with Crippen LogP contribution in [0.5, 0.6) is 0 Å². The van der Waals surface area contributed by atoms with Crippen LogP contribution in [-0.4, -0.2) is 51.3 Å². The molecule has 1 aromatic heterocycles. The number of rotatable bonds is 7. The van der Waals surface area contributed by atoms with Crippen molar-refractivity contribution in [3.63, 3.8) is 0 Å². The first-order valence-corrected chi connectivity index (χ1v) is 17.9. The van der Waals surface area contributed by atoms with Crippen molar-refractivity contribution >= 4 is 40.4 Å². The molecule has 50 heavy (non-hydrogen) atoms. The zero-order valence-corrected chi connectivity index (χ0v) is 28.5. The highest BCUT2D eigenvalue weighted by Crippen LogP contribution is 2.47. The minimum atomic E-state index is -1.06. The van der Waals surface area contributed by atoms with E-state index in [2.05, 4.69) is 19.9 Å². The lowest BCUT2D eigenvalue weighted by Gasteiger charge is -2.29. The number of anilines is 1. The predicted octanol–water partition coefficient (Wildman–Crippen LogP) is 7.02. The van der Waals surface area contributed by atoms with E-state index in [1.54, 1.807) is 30.3 Å². The van der Waals surface area contributed by atoms with Gasteiger partial charge in [0.25, 0.3) is 5.91 Å². The van der Waals surface area contributed by atoms with Gasteiger partial charge in [0, 0.05) is 33.8 Å². The summed E-state index contributed by atoms with van der Waals surface area (Å²) in [6.07, 6.45) is 10.5. The van der Waals surface area contributed by atoms with Crippen LogP contribution in [0.2, 0.25) is 0 Å². The van der Waals surface area contributed by atoms with Crippen molar-refractivity contribution in [1.29, 1.82) is 0 Å². The number of hydrogen-bond acceptors (Lipinski definition) is 6. The van der Waals surface area contributed by atoms with Gasteiger partial charge in [-0.25, -0.2) is 4.79 Å². The molecule has 2 fully saturated rings. The summed E-state index contributed by atoms with van der Waals surface area (Å²) in [4.78, 5) is 39.3. The topological polar surface area (TPSA) is 130 Å². The maximum absolute atomic E-state index is 14.1. The number of ether oxygens (including phenoxy) is 1. The molecule has 0 unspecified atom stereocenters. The van der Waals surface area contributed by atoms with Crippen molar-refractivity contribution in [3.05, 3.63) is 95.1 Å². The number of fused-ring (bicyclic) bond motifs is 5. The van der Waals surface area contributed by atoms with Crippen molar-refractivity contribution in [2.24, 2.45) is 0 Å². The van der Waals surface area contributed by atoms with E-state index >= 15 is 0 Å². The molecule has 2 atom stereocenters. The number of amides is 2. The van der Waals surface area contributed by atoms with Gasteiger partial charge in [0.15, 0.2) is 0 Å². The highest BCUT2D eigenvalue weighted by molar-refractivity contribution is 6.06. The van der Waals surface area contributed by atoms with Gasteiger partial charge in [0.2, 0.25) is 5.91 Å². The first kappa shape index (κ1) is 33.8. The Labute approximate surface area is 292 Å². The molecule has 0 bridgehead atoms. The van der Waals surface area contributed by atoms with Crippen molar-refractivity contribution in [1.82, 2.24) is 9.88 Å². The number of aliphatic hydroxyl groups is 2. The second-order valence-corrected chi connectivity index (χ2v) is 14.1. The summed E-state index contributed by atoms with van der Waals surface area (Å²) < 4.78 is 6.75. The Morgan fingerprint density at radius 3 is 2.34 bits per heavy atom. The maximum Gasteiger partial charge on any atom is 0.330 e. The third-order valence-corrected chi connectivity index (χ3v) is 10.9. The van der Waals surface area contributed by atoms with Crippen molar-refractivity contribution in [2.75, 3.05) is 12.4 Å². The van der Waals surface area contributed by atoms with Crippen molar-refractivity contribution < 1.29 is 29.3 Å². The number of aromatic nitrogens is 1. The van der Waals surface area contributed by atoms with Crippen LogP contribution in [0.1, 0.15) is 103 Å². The Hall–Kier alpha value is -4.73. The number of hydrogen-bond donors (Lipinski definition) is 4. The lowest BCUT2D eigenvalue weighted by atomic mass is 9.86. The SMILES string of the molecule is COC(=O)/C=C/c1ccc(NC(=O)C2(NC(=O)c3ccc4c(C5CCCCCC5)c5n(c4c3)C[C@@H](O)[C@@H](O)c3ccccc3-5)CCCC2)cc1. The molecule has 4 N–H and O–H groups in total. The Morgan fingerprint density at radius 2 is 1.62 bits per heavy atom. The minimum Gasteiger partial charge on any atom is -0.466 e. The third-order valence-electron chi connectivity index (χ3n) is 10.9. The first-order chi connectivity index (χ1) is 24.3. The molecule has 0 radical (unpaired) electrons. The van der Waals surface area contributed by atoms with Crippen LogP contribution in [0.15, 0.2) is 72.8 Å². The molecule has 9 heteroatoms. The Kier molecular flexibility index (Phi) is 9.62. The molecule has 4 aromatic rings. The normalized spacial score (nSPS) is 20.5. The van der Waals surface area contributed by atoms with Crippen LogP contribution in [0.25, 0.3) is 28.2 Å². The summed E-state index contributed by atoms with van der Waals surface area (Å²) in [6, 6.07) is 20.7. The van der Waals surface area contributed by atoms with E-state index < -0.39 is 23.7 Å². The molecule has 0 saturated heterocycles. The second kappa shape index (κ2) is 14.2. The average Bonchev–Trinajstić information content (AvgIpc) is 3.59. The number of carbonyl (C=O) groups is 3. The molecule has 0 spiro atoms. The summed E-state index contributed by atoms with van der Waals surface area (Å²) in [7, 11) is 1.32. The first-order valence-electron chi connectivity index (χ1n) is 17.9. The molecule has 2 aliphatic carbocycles. The number of methoxy groups -OCH3 is 1. The van der Waals surface area contributed by atoms with E-state index in [9.17, 15) is 24.6 Å². The summed E-state index contributed by atoms with van der Waals surface area (Å²) in [6.45, 7) is 0.198. The minimum absolute atomic E-state index is 0.198. The smallest absolute Gasteiger partial charge is 0.330 e.